The van der Waals surface area contributed by atoms with Crippen LogP contribution in [0.25, 0.3) is 22.3 Å². The second kappa shape index (κ2) is 9.65. The number of likely N-dealkylation sites (tertiary alicyclic amines) is 1. The van der Waals surface area contributed by atoms with Crippen molar-refractivity contribution in [2.45, 2.75) is 18.9 Å². The fourth-order valence-corrected chi connectivity index (χ4v) is 5.00. The smallest absolute Gasteiger partial charge is 0.229 e. The van der Waals surface area contributed by atoms with Crippen molar-refractivity contribution >= 4 is 39.0 Å². The summed E-state index contributed by atoms with van der Waals surface area (Å²) in [5, 5.41) is 5.11. The molecular weight excluding hydrogens is 501 g/mol. The highest BCUT2D eigenvalue weighted by atomic mass is 32.2. The van der Waals surface area contributed by atoms with Crippen molar-refractivity contribution in [3.63, 3.8) is 0 Å². The van der Waals surface area contributed by atoms with Gasteiger partial charge in [0.15, 0.2) is 5.65 Å². The summed E-state index contributed by atoms with van der Waals surface area (Å²) in [6, 6.07) is 10.5. The number of fused-ring (bicyclic) bond motifs is 1. The summed E-state index contributed by atoms with van der Waals surface area (Å²) < 4.78 is 48.2. The maximum absolute atomic E-state index is 15.4. The summed E-state index contributed by atoms with van der Waals surface area (Å²) in [7, 11) is -3.46. The van der Waals surface area contributed by atoms with E-state index in [-0.39, 0.29) is 23.2 Å². The second-order valence-corrected chi connectivity index (χ2v) is 10.5. The predicted molar refractivity (Wildman–Crippen MR) is 136 cm³/mol. The second-order valence-electron chi connectivity index (χ2n) is 8.79. The summed E-state index contributed by atoms with van der Waals surface area (Å²) in [5.74, 6) is 0.102. The first-order valence-corrected chi connectivity index (χ1v) is 13.3. The number of ether oxygens (including phenoxy) is 1. The highest BCUT2D eigenvalue weighted by molar-refractivity contribution is 7.92. The van der Waals surface area contributed by atoms with Gasteiger partial charge in [-0.1, -0.05) is 6.07 Å². The van der Waals surface area contributed by atoms with Crippen LogP contribution in [0.1, 0.15) is 18.9 Å². The summed E-state index contributed by atoms with van der Waals surface area (Å²) >= 11 is 0. The minimum atomic E-state index is -3.46. The Balaban J connectivity index is 1.49. The van der Waals surface area contributed by atoms with Crippen LogP contribution >= 0.6 is 0 Å². The number of benzene rings is 2. The van der Waals surface area contributed by atoms with E-state index in [1.807, 2.05) is 0 Å². The average Bonchev–Trinajstić information content (AvgIpc) is 3.24. The van der Waals surface area contributed by atoms with E-state index in [4.69, 9.17) is 10.5 Å². The van der Waals surface area contributed by atoms with Gasteiger partial charge in [0.05, 0.1) is 23.4 Å². The third-order valence-electron chi connectivity index (χ3n) is 6.01. The lowest BCUT2D eigenvalue weighted by Crippen LogP contribution is -2.36. The Hall–Kier alpha value is -4.26. The molecule has 0 spiro atoms. The number of piperidine rings is 1. The molecule has 13 heteroatoms. The van der Waals surface area contributed by atoms with E-state index in [0.29, 0.717) is 41.3 Å². The van der Waals surface area contributed by atoms with Gasteiger partial charge in [-0.05, 0) is 37.1 Å². The Morgan fingerprint density at radius 2 is 2.00 bits per heavy atom. The number of carbonyl (C=O) groups is 1. The van der Waals surface area contributed by atoms with Crippen LogP contribution in [0.15, 0.2) is 48.8 Å². The molecule has 2 aromatic carbocycles. The SMILES string of the molecule is CS(=O)(=O)Nc1cccc(Oc2ccc(-c3nn(C4CCCN(C=O)C4)c4ncnc(N)c34)c(F)c2)c1. The Morgan fingerprint density at radius 1 is 1.19 bits per heavy atom. The zero-order valence-corrected chi connectivity index (χ0v) is 20.7. The Kier molecular flexibility index (Phi) is 6.38. The van der Waals surface area contributed by atoms with Gasteiger partial charge < -0.3 is 15.4 Å². The van der Waals surface area contributed by atoms with Crippen LogP contribution in [0.4, 0.5) is 15.9 Å². The molecular formula is C24H24FN7O4S. The minimum Gasteiger partial charge on any atom is -0.457 e. The number of nitrogen functional groups attached to an aromatic ring is 1. The van der Waals surface area contributed by atoms with E-state index >= 15 is 4.39 Å². The molecule has 192 valence electrons. The number of halogens is 1. The van der Waals surface area contributed by atoms with Crippen LogP contribution in [0.2, 0.25) is 0 Å². The van der Waals surface area contributed by atoms with Gasteiger partial charge in [-0.15, -0.1) is 0 Å². The number of nitrogens with one attached hydrogen (secondary N) is 1. The highest BCUT2D eigenvalue weighted by Gasteiger charge is 2.27. The topological polar surface area (TPSA) is 145 Å². The number of nitrogens with zero attached hydrogens (tertiary/aromatic N) is 5. The van der Waals surface area contributed by atoms with E-state index in [2.05, 4.69) is 19.8 Å². The first kappa shape index (κ1) is 24.4. The molecule has 5 rings (SSSR count). The Morgan fingerprint density at radius 3 is 2.76 bits per heavy atom. The van der Waals surface area contributed by atoms with Gasteiger partial charge in [-0.2, -0.15) is 5.10 Å². The van der Waals surface area contributed by atoms with Crippen molar-refractivity contribution < 1.29 is 22.3 Å². The summed E-state index contributed by atoms with van der Waals surface area (Å²) in [6.07, 6.45) is 4.78. The maximum Gasteiger partial charge on any atom is 0.229 e. The number of amides is 1. The molecule has 0 aliphatic carbocycles. The van der Waals surface area contributed by atoms with Crippen molar-refractivity contribution in [1.82, 2.24) is 24.6 Å². The molecule has 0 bridgehead atoms. The molecule has 11 nitrogen and oxygen atoms in total. The third kappa shape index (κ3) is 5.16. The molecule has 3 N–H and O–H groups in total. The lowest BCUT2D eigenvalue weighted by molar-refractivity contribution is -0.119. The molecule has 1 atom stereocenters. The van der Waals surface area contributed by atoms with E-state index in [1.165, 1.54) is 24.5 Å². The lowest BCUT2D eigenvalue weighted by Gasteiger charge is -2.30. The first-order chi connectivity index (χ1) is 17.7. The first-order valence-electron chi connectivity index (χ1n) is 11.5. The fourth-order valence-electron chi connectivity index (χ4n) is 4.44. The maximum atomic E-state index is 15.4. The number of anilines is 2. The molecule has 1 fully saturated rings. The fraction of sp³-hybridized carbons (Fsp3) is 0.250. The van der Waals surface area contributed by atoms with Gasteiger partial charge in [0.25, 0.3) is 0 Å². The van der Waals surface area contributed by atoms with Gasteiger partial charge >= 0.3 is 0 Å². The average molecular weight is 526 g/mol. The Labute approximate surface area is 212 Å². The zero-order valence-electron chi connectivity index (χ0n) is 19.8. The largest absolute Gasteiger partial charge is 0.457 e. The Bertz CT molecular complexity index is 1590. The molecule has 0 radical (unpaired) electrons. The number of nitrogens with two attached hydrogens (primary N) is 1. The quantitative estimate of drug-likeness (QED) is 0.350. The third-order valence-corrected chi connectivity index (χ3v) is 6.62. The van der Waals surface area contributed by atoms with Crippen molar-refractivity contribution in [3.8, 4) is 22.8 Å². The normalized spacial score (nSPS) is 16.1. The van der Waals surface area contributed by atoms with Gasteiger partial charge in [-0.3, -0.25) is 9.52 Å². The predicted octanol–water partition coefficient (Wildman–Crippen LogP) is 3.17. The molecule has 1 aliphatic rings. The van der Waals surface area contributed by atoms with Crippen LogP contribution in [-0.4, -0.2) is 58.8 Å². The van der Waals surface area contributed by atoms with E-state index in [0.717, 1.165) is 25.5 Å². The molecule has 2 aromatic heterocycles. The van der Waals surface area contributed by atoms with Crippen molar-refractivity contribution in [2.24, 2.45) is 0 Å². The van der Waals surface area contributed by atoms with Crippen LogP contribution in [0, 0.1) is 5.82 Å². The molecule has 1 unspecified atom stereocenters. The lowest BCUT2D eigenvalue weighted by atomic mass is 10.1. The van der Waals surface area contributed by atoms with Crippen LogP contribution < -0.4 is 15.2 Å². The molecule has 4 aromatic rings. The molecule has 37 heavy (non-hydrogen) atoms. The minimum absolute atomic E-state index is 0.136. The highest BCUT2D eigenvalue weighted by Crippen LogP contribution is 2.36. The van der Waals surface area contributed by atoms with Crippen molar-refractivity contribution in [2.75, 3.05) is 29.8 Å². The zero-order chi connectivity index (χ0) is 26.2. The molecule has 1 aliphatic heterocycles. The molecule has 1 amide bonds. The van der Waals surface area contributed by atoms with Crippen LogP contribution in [0.3, 0.4) is 0 Å². The number of hydrogen-bond acceptors (Lipinski definition) is 8. The molecule has 1 saturated heterocycles. The summed E-state index contributed by atoms with van der Waals surface area (Å²) in [4.78, 5) is 21.4. The van der Waals surface area contributed by atoms with Gasteiger partial charge in [0, 0.05) is 30.8 Å². The van der Waals surface area contributed by atoms with Crippen LogP contribution in [0.5, 0.6) is 11.5 Å². The monoisotopic (exact) mass is 525 g/mol. The van der Waals surface area contributed by atoms with E-state index < -0.39 is 15.8 Å². The van der Waals surface area contributed by atoms with Gasteiger partial charge in [0.2, 0.25) is 16.4 Å². The number of hydrogen-bond donors (Lipinski definition) is 2. The molecule has 0 saturated carbocycles. The summed E-state index contributed by atoms with van der Waals surface area (Å²) in [5.41, 5.74) is 7.43. The number of aromatic nitrogens is 4. The van der Waals surface area contributed by atoms with Gasteiger partial charge in [-0.25, -0.2) is 27.5 Å². The standard InChI is InChI=1S/C24H24FN7O4S/c1-37(34,35)30-15-4-2-6-17(10-15)36-18-7-8-19(20(25)11-18)22-21-23(26)27-13-28-24(21)32(29-22)16-5-3-9-31(12-16)14-33/h2,4,6-8,10-11,13-14,16,30H,3,5,9,12H2,1H3,(H2,26,27,28). The van der Waals surface area contributed by atoms with E-state index in [9.17, 15) is 13.2 Å². The van der Waals surface area contributed by atoms with Gasteiger partial charge in [0.1, 0.15) is 35.2 Å². The van der Waals surface area contributed by atoms with Crippen LogP contribution in [-0.2, 0) is 14.8 Å². The summed E-state index contributed by atoms with van der Waals surface area (Å²) in [6.45, 7) is 1.14. The van der Waals surface area contributed by atoms with E-state index in [1.54, 1.807) is 33.8 Å². The molecule has 3 heterocycles. The van der Waals surface area contributed by atoms with Crippen molar-refractivity contribution in [3.05, 3.63) is 54.6 Å². The number of rotatable bonds is 7. The number of sulfonamides is 1. The van der Waals surface area contributed by atoms with Crippen molar-refractivity contribution in [1.29, 1.82) is 0 Å². The number of carbonyl (C=O) groups excluding carboxylic acids is 1.